The molecule has 2 aromatic rings. The summed E-state index contributed by atoms with van der Waals surface area (Å²) in [6.45, 7) is 7.42. The first-order valence-electron chi connectivity index (χ1n) is 7.38. The summed E-state index contributed by atoms with van der Waals surface area (Å²) in [7, 11) is 2.02. The summed E-state index contributed by atoms with van der Waals surface area (Å²) in [6.07, 6.45) is 2.09. The van der Waals surface area contributed by atoms with Crippen molar-refractivity contribution in [2.75, 3.05) is 6.54 Å². The van der Waals surface area contributed by atoms with Crippen LogP contribution < -0.4 is 5.32 Å². The molecule has 0 aliphatic heterocycles. The average molecular weight is 271 g/mol. The van der Waals surface area contributed by atoms with E-state index in [1.165, 1.54) is 16.8 Å². The normalized spacial score (nSPS) is 12.6. The highest BCUT2D eigenvalue weighted by Crippen LogP contribution is 2.16. The van der Waals surface area contributed by atoms with Gasteiger partial charge in [0.2, 0.25) is 0 Å². The first-order valence-corrected chi connectivity index (χ1v) is 7.38. The Kier molecular flexibility index (Phi) is 4.96. The summed E-state index contributed by atoms with van der Waals surface area (Å²) in [6, 6.07) is 11.2. The molecule has 108 valence electrons. The first-order chi connectivity index (χ1) is 9.61. The quantitative estimate of drug-likeness (QED) is 0.875. The standard InChI is InChI=1S/C17H25N3/c1-5-18-16(11-15-9-7-6-8-10-15)12-17-13(2)19-20(4)14(17)3/h6-10,16,18H,5,11-12H2,1-4H3. The van der Waals surface area contributed by atoms with Crippen LogP contribution >= 0.6 is 0 Å². The van der Waals surface area contributed by atoms with Crippen molar-refractivity contribution >= 4 is 0 Å². The maximum atomic E-state index is 4.52. The molecule has 20 heavy (non-hydrogen) atoms. The second-order valence-corrected chi connectivity index (χ2v) is 5.42. The lowest BCUT2D eigenvalue weighted by Gasteiger charge is -2.18. The third kappa shape index (κ3) is 3.48. The van der Waals surface area contributed by atoms with Crippen molar-refractivity contribution in [3.63, 3.8) is 0 Å². The molecule has 1 N–H and O–H groups in total. The molecule has 1 heterocycles. The molecule has 1 aromatic heterocycles. The molecular formula is C17H25N3. The number of hydrogen-bond donors (Lipinski definition) is 1. The van der Waals surface area contributed by atoms with Crippen molar-refractivity contribution in [1.82, 2.24) is 15.1 Å². The Bertz CT molecular complexity index is 543. The van der Waals surface area contributed by atoms with Gasteiger partial charge in [0.05, 0.1) is 5.69 Å². The van der Waals surface area contributed by atoms with Gasteiger partial charge in [-0.05, 0) is 44.4 Å². The van der Waals surface area contributed by atoms with Gasteiger partial charge in [-0.3, -0.25) is 4.68 Å². The number of rotatable bonds is 6. The van der Waals surface area contributed by atoms with Crippen LogP contribution in [0.4, 0.5) is 0 Å². The number of aromatic nitrogens is 2. The molecule has 3 heteroatoms. The Hall–Kier alpha value is -1.61. The second-order valence-electron chi connectivity index (χ2n) is 5.42. The summed E-state index contributed by atoms with van der Waals surface area (Å²) in [5, 5.41) is 8.13. The van der Waals surface area contributed by atoms with E-state index in [2.05, 4.69) is 61.5 Å². The zero-order valence-corrected chi connectivity index (χ0v) is 13.0. The van der Waals surface area contributed by atoms with E-state index in [-0.39, 0.29) is 0 Å². The van der Waals surface area contributed by atoms with E-state index in [0.29, 0.717) is 6.04 Å². The minimum absolute atomic E-state index is 0.462. The van der Waals surface area contributed by atoms with Crippen LogP contribution in [0, 0.1) is 13.8 Å². The third-order valence-electron chi connectivity index (χ3n) is 3.93. The number of hydrogen-bond acceptors (Lipinski definition) is 2. The van der Waals surface area contributed by atoms with E-state index >= 15 is 0 Å². The first kappa shape index (κ1) is 14.8. The smallest absolute Gasteiger partial charge is 0.0628 e. The molecule has 0 spiro atoms. The number of nitrogens with one attached hydrogen (secondary N) is 1. The third-order valence-corrected chi connectivity index (χ3v) is 3.93. The second kappa shape index (κ2) is 6.71. The van der Waals surface area contributed by atoms with E-state index in [4.69, 9.17) is 0 Å². The lowest BCUT2D eigenvalue weighted by Crippen LogP contribution is -2.33. The fraction of sp³-hybridized carbons (Fsp3) is 0.471. The topological polar surface area (TPSA) is 29.9 Å². The van der Waals surface area contributed by atoms with Gasteiger partial charge in [0.15, 0.2) is 0 Å². The van der Waals surface area contributed by atoms with Crippen LogP contribution in [0.1, 0.15) is 29.4 Å². The lowest BCUT2D eigenvalue weighted by molar-refractivity contribution is 0.519. The van der Waals surface area contributed by atoms with Gasteiger partial charge in [-0.15, -0.1) is 0 Å². The van der Waals surface area contributed by atoms with Crippen LogP contribution in [0.3, 0.4) is 0 Å². The Balaban J connectivity index is 2.13. The van der Waals surface area contributed by atoms with E-state index < -0.39 is 0 Å². The average Bonchev–Trinajstić information content (AvgIpc) is 2.67. The molecule has 1 aromatic carbocycles. The zero-order chi connectivity index (χ0) is 14.5. The van der Waals surface area contributed by atoms with Crippen molar-refractivity contribution in [2.45, 2.75) is 39.7 Å². The molecular weight excluding hydrogens is 246 g/mol. The van der Waals surface area contributed by atoms with Crippen molar-refractivity contribution in [3.8, 4) is 0 Å². The molecule has 0 bridgehead atoms. The molecule has 2 rings (SSSR count). The van der Waals surface area contributed by atoms with Gasteiger partial charge in [-0.2, -0.15) is 5.10 Å². The summed E-state index contributed by atoms with van der Waals surface area (Å²) in [5.74, 6) is 0. The van der Waals surface area contributed by atoms with Gasteiger partial charge < -0.3 is 5.32 Å². The van der Waals surface area contributed by atoms with Gasteiger partial charge in [-0.25, -0.2) is 0 Å². The minimum Gasteiger partial charge on any atom is -0.314 e. The Morgan fingerprint density at radius 2 is 1.85 bits per heavy atom. The Morgan fingerprint density at radius 1 is 1.15 bits per heavy atom. The number of aryl methyl sites for hydroxylation is 2. The number of likely N-dealkylation sites (N-methyl/N-ethyl adjacent to an activating group) is 1. The van der Waals surface area contributed by atoms with Crippen LogP contribution in [0.25, 0.3) is 0 Å². The highest BCUT2D eigenvalue weighted by Gasteiger charge is 2.15. The molecule has 1 unspecified atom stereocenters. The SMILES string of the molecule is CCNC(Cc1ccccc1)Cc1c(C)nn(C)c1C. The maximum Gasteiger partial charge on any atom is 0.0628 e. The monoisotopic (exact) mass is 271 g/mol. The van der Waals surface area contributed by atoms with E-state index in [1.54, 1.807) is 0 Å². The molecule has 0 amide bonds. The molecule has 0 aliphatic carbocycles. The summed E-state index contributed by atoms with van der Waals surface area (Å²) in [4.78, 5) is 0. The summed E-state index contributed by atoms with van der Waals surface area (Å²) < 4.78 is 1.98. The van der Waals surface area contributed by atoms with Gasteiger partial charge in [0, 0.05) is 18.8 Å². The molecule has 0 saturated heterocycles. The Morgan fingerprint density at radius 3 is 2.40 bits per heavy atom. The van der Waals surface area contributed by atoms with Crippen LogP contribution in [0.2, 0.25) is 0 Å². The van der Waals surface area contributed by atoms with Crippen LogP contribution in [-0.2, 0) is 19.9 Å². The maximum absolute atomic E-state index is 4.52. The molecule has 0 saturated carbocycles. The minimum atomic E-state index is 0.462. The van der Waals surface area contributed by atoms with Crippen LogP contribution in [-0.4, -0.2) is 22.4 Å². The molecule has 0 aliphatic rings. The number of nitrogens with zero attached hydrogens (tertiary/aromatic N) is 2. The molecule has 0 fully saturated rings. The fourth-order valence-corrected chi connectivity index (χ4v) is 2.76. The molecule has 1 atom stereocenters. The van der Waals surface area contributed by atoms with Crippen molar-refractivity contribution in [3.05, 3.63) is 52.8 Å². The predicted octanol–water partition coefficient (Wildman–Crippen LogP) is 2.80. The molecule has 3 nitrogen and oxygen atoms in total. The number of benzene rings is 1. The van der Waals surface area contributed by atoms with Crippen molar-refractivity contribution in [2.24, 2.45) is 7.05 Å². The summed E-state index contributed by atoms with van der Waals surface area (Å²) >= 11 is 0. The highest BCUT2D eigenvalue weighted by atomic mass is 15.3. The largest absolute Gasteiger partial charge is 0.314 e. The van der Waals surface area contributed by atoms with Gasteiger partial charge in [0.1, 0.15) is 0 Å². The lowest BCUT2D eigenvalue weighted by atomic mass is 9.98. The van der Waals surface area contributed by atoms with E-state index in [1.807, 2.05) is 11.7 Å². The predicted molar refractivity (Wildman–Crippen MR) is 84.0 cm³/mol. The Labute approximate surface area is 122 Å². The van der Waals surface area contributed by atoms with E-state index in [9.17, 15) is 0 Å². The summed E-state index contributed by atoms with van der Waals surface area (Å²) in [5.41, 5.74) is 5.20. The van der Waals surface area contributed by atoms with Gasteiger partial charge >= 0.3 is 0 Å². The van der Waals surface area contributed by atoms with Crippen molar-refractivity contribution < 1.29 is 0 Å². The van der Waals surface area contributed by atoms with E-state index in [0.717, 1.165) is 25.1 Å². The fourth-order valence-electron chi connectivity index (χ4n) is 2.76. The molecule has 0 radical (unpaired) electrons. The van der Waals surface area contributed by atoms with Gasteiger partial charge in [0.25, 0.3) is 0 Å². The van der Waals surface area contributed by atoms with Crippen LogP contribution in [0.5, 0.6) is 0 Å². The van der Waals surface area contributed by atoms with Gasteiger partial charge in [-0.1, -0.05) is 37.3 Å². The highest BCUT2D eigenvalue weighted by molar-refractivity contribution is 5.26. The van der Waals surface area contributed by atoms with Crippen LogP contribution in [0.15, 0.2) is 30.3 Å². The van der Waals surface area contributed by atoms with Crippen molar-refractivity contribution in [1.29, 1.82) is 0 Å². The zero-order valence-electron chi connectivity index (χ0n) is 13.0.